The van der Waals surface area contributed by atoms with Crippen LogP contribution in [0.3, 0.4) is 0 Å². The number of nitrogens with one attached hydrogen (secondary N) is 2. The highest BCUT2D eigenvalue weighted by molar-refractivity contribution is 9.10. The van der Waals surface area contributed by atoms with Crippen molar-refractivity contribution in [2.75, 3.05) is 18.0 Å². The van der Waals surface area contributed by atoms with Gasteiger partial charge in [-0.2, -0.15) is 0 Å². The van der Waals surface area contributed by atoms with Gasteiger partial charge in [-0.1, -0.05) is 28.9 Å². The number of benzene rings is 1. The van der Waals surface area contributed by atoms with Gasteiger partial charge < -0.3 is 15.5 Å². The van der Waals surface area contributed by atoms with Crippen molar-refractivity contribution in [1.29, 1.82) is 0 Å². The van der Waals surface area contributed by atoms with E-state index in [1.807, 2.05) is 0 Å². The molecule has 0 aromatic heterocycles. The number of rotatable bonds is 5. The molecule has 21 heavy (non-hydrogen) atoms. The molecule has 1 aliphatic heterocycles. The van der Waals surface area contributed by atoms with Gasteiger partial charge in [0.2, 0.25) is 5.91 Å². The van der Waals surface area contributed by atoms with Gasteiger partial charge >= 0.3 is 0 Å². The molecule has 1 heterocycles. The van der Waals surface area contributed by atoms with Gasteiger partial charge in [0, 0.05) is 35.8 Å². The molecule has 2 fully saturated rings. The Kier molecular flexibility index (Phi) is 4.50. The molecule has 0 bridgehead atoms. The Labute approximate surface area is 134 Å². The zero-order chi connectivity index (χ0) is 14.8. The quantitative estimate of drug-likeness (QED) is 0.856. The van der Waals surface area contributed by atoms with Gasteiger partial charge in [0.25, 0.3) is 0 Å². The third-order valence-electron chi connectivity index (χ3n) is 4.24. The smallest absolute Gasteiger partial charge is 0.242 e. The van der Waals surface area contributed by atoms with E-state index in [0.29, 0.717) is 6.04 Å². The molecule has 0 spiro atoms. The monoisotopic (exact) mass is 351 g/mol. The average molecular weight is 352 g/mol. The maximum atomic E-state index is 12.0. The van der Waals surface area contributed by atoms with E-state index >= 15 is 0 Å². The molecular weight excluding hydrogens is 330 g/mol. The molecule has 114 valence electrons. The van der Waals surface area contributed by atoms with Crippen molar-refractivity contribution in [1.82, 2.24) is 10.6 Å². The lowest BCUT2D eigenvalue weighted by atomic mass is 10.1. The first-order valence-corrected chi connectivity index (χ1v) is 8.54. The molecule has 5 heteroatoms. The molecule has 0 radical (unpaired) electrons. The van der Waals surface area contributed by atoms with Gasteiger partial charge in [-0.15, -0.1) is 0 Å². The number of carbonyl (C=O) groups is 1. The summed E-state index contributed by atoms with van der Waals surface area (Å²) in [5.41, 5.74) is 2.40. The van der Waals surface area contributed by atoms with E-state index in [2.05, 4.69) is 56.6 Å². The largest absolute Gasteiger partial charge is 0.358 e. The Bertz CT molecular complexity index is 530. The predicted octanol–water partition coefficient (Wildman–Crippen LogP) is 2.42. The van der Waals surface area contributed by atoms with Crippen LogP contribution >= 0.6 is 15.9 Å². The summed E-state index contributed by atoms with van der Waals surface area (Å²) < 4.78 is 1.12. The normalized spacial score (nSPS) is 22.3. The van der Waals surface area contributed by atoms with Crippen molar-refractivity contribution in [3.8, 4) is 0 Å². The second-order valence-electron chi connectivity index (χ2n) is 5.84. The van der Waals surface area contributed by atoms with E-state index < -0.39 is 0 Å². The number of hydrogen-bond donors (Lipinski definition) is 2. The van der Waals surface area contributed by atoms with Gasteiger partial charge in [-0.05, 0) is 37.0 Å². The number of piperazine rings is 1. The Morgan fingerprint density at radius 2 is 2.24 bits per heavy atom. The molecule has 1 aliphatic carbocycles. The summed E-state index contributed by atoms with van der Waals surface area (Å²) >= 11 is 3.67. The molecular formula is C16H22BrN3O. The van der Waals surface area contributed by atoms with E-state index in [1.165, 1.54) is 18.4 Å². The second-order valence-corrected chi connectivity index (χ2v) is 6.69. The summed E-state index contributed by atoms with van der Waals surface area (Å²) in [4.78, 5) is 14.2. The van der Waals surface area contributed by atoms with Gasteiger partial charge in [0.1, 0.15) is 6.04 Å². The fourth-order valence-electron chi connectivity index (χ4n) is 2.83. The molecule has 1 amide bonds. The van der Waals surface area contributed by atoms with Gasteiger partial charge in [0.05, 0.1) is 0 Å². The highest BCUT2D eigenvalue weighted by Gasteiger charge is 2.28. The maximum Gasteiger partial charge on any atom is 0.242 e. The lowest BCUT2D eigenvalue weighted by molar-refractivity contribution is -0.123. The molecule has 1 saturated heterocycles. The van der Waals surface area contributed by atoms with Gasteiger partial charge in [-0.25, -0.2) is 0 Å². The lowest BCUT2D eigenvalue weighted by Gasteiger charge is -2.36. The zero-order valence-corrected chi connectivity index (χ0v) is 13.9. The minimum Gasteiger partial charge on any atom is -0.358 e. The van der Waals surface area contributed by atoms with E-state index in [1.54, 1.807) is 0 Å². The molecule has 1 aromatic carbocycles. The number of carbonyl (C=O) groups excluding carboxylic acids is 1. The van der Waals surface area contributed by atoms with Crippen molar-refractivity contribution in [3.63, 3.8) is 0 Å². The highest BCUT2D eigenvalue weighted by Crippen LogP contribution is 2.28. The number of halogens is 1. The third-order valence-corrected chi connectivity index (χ3v) is 4.98. The summed E-state index contributed by atoms with van der Waals surface area (Å²) in [6.07, 6.45) is 3.43. The number of nitrogens with zero attached hydrogens (tertiary/aromatic N) is 1. The Morgan fingerprint density at radius 3 is 2.90 bits per heavy atom. The fourth-order valence-corrected chi connectivity index (χ4v) is 3.34. The van der Waals surface area contributed by atoms with Crippen LogP contribution in [0.4, 0.5) is 5.69 Å². The van der Waals surface area contributed by atoms with E-state index in [-0.39, 0.29) is 11.9 Å². The summed E-state index contributed by atoms with van der Waals surface area (Å²) in [6.45, 7) is 4.56. The summed E-state index contributed by atoms with van der Waals surface area (Å²) in [5, 5.41) is 6.48. The van der Waals surface area contributed by atoms with Crippen LogP contribution in [0.25, 0.3) is 0 Å². The van der Waals surface area contributed by atoms with Crippen LogP contribution in [0.1, 0.15) is 31.7 Å². The van der Waals surface area contributed by atoms with Gasteiger partial charge in [0.15, 0.2) is 0 Å². The Hall–Kier alpha value is -1.07. The molecule has 1 atom stereocenters. The Balaban J connectivity index is 1.74. The molecule has 2 aliphatic rings. The van der Waals surface area contributed by atoms with Crippen LogP contribution in [-0.4, -0.2) is 31.1 Å². The van der Waals surface area contributed by atoms with E-state index in [0.717, 1.165) is 36.2 Å². The second kappa shape index (κ2) is 6.36. The first-order chi connectivity index (χ1) is 10.2. The van der Waals surface area contributed by atoms with Crippen LogP contribution in [0.5, 0.6) is 0 Å². The van der Waals surface area contributed by atoms with E-state index in [4.69, 9.17) is 0 Å². The standard InChI is InChI=1S/C16H22BrN3O/c1-2-15-16(21)18-7-8-20(15)13-6-3-11(14(17)9-13)10-19-12-4-5-12/h3,6,9,12,15,19H,2,4-5,7-8,10H2,1H3,(H,18,21). The highest BCUT2D eigenvalue weighted by atomic mass is 79.9. The van der Waals surface area contributed by atoms with Crippen LogP contribution < -0.4 is 15.5 Å². The first kappa shape index (κ1) is 14.9. The average Bonchev–Trinajstić information content (AvgIpc) is 3.30. The lowest BCUT2D eigenvalue weighted by Crippen LogP contribution is -2.55. The predicted molar refractivity (Wildman–Crippen MR) is 88.4 cm³/mol. The minimum absolute atomic E-state index is 0.0545. The zero-order valence-electron chi connectivity index (χ0n) is 12.4. The summed E-state index contributed by atoms with van der Waals surface area (Å²) in [5.74, 6) is 0.138. The Morgan fingerprint density at radius 1 is 1.43 bits per heavy atom. The number of amides is 1. The number of hydrogen-bond acceptors (Lipinski definition) is 3. The number of anilines is 1. The van der Waals surface area contributed by atoms with Crippen molar-refractivity contribution in [3.05, 3.63) is 28.2 Å². The van der Waals surface area contributed by atoms with Crippen molar-refractivity contribution in [2.24, 2.45) is 0 Å². The van der Waals surface area contributed by atoms with Crippen LogP contribution in [0, 0.1) is 0 Å². The van der Waals surface area contributed by atoms with Crippen molar-refractivity contribution in [2.45, 2.75) is 44.8 Å². The molecule has 2 N–H and O–H groups in total. The first-order valence-electron chi connectivity index (χ1n) is 7.75. The molecule has 1 saturated carbocycles. The van der Waals surface area contributed by atoms with Crippen molar-refractivity contribution >= 4 is 27.5 Å². The van der Waals surface area contributed by atoms with Crippen LogP contribution in [0.15, 0.2) is 22.7 Å². The van der Waals surface area contributed by atoms with Crippen molar-refractivity contribution < 1.29 is 4.79 Å². The van der Waals surface area contributed by atoms with Gasteiger partial charge in [-0.3, -0.25) is 4.79 Å². The molecule has 1 unspecified atom stereocenters. The molecule has 1 aromatic rings. The summed E-state index contributed by atoms with van der Waals surface area (Å²) in [6, 6.07) is 7.10. The maximum absolute atomic E-state index is 12.0. The SMILES string of the molecule is CCC1C(=O)NCCN1c1ccc(CNC2CC2)c(Br)c1. The molecule has 4 nitrogen and oxygen atoms in total. The minimum atomic E-state index is -0.0545. The van der Waals surface area contributed by atoms with Crippen LogP contribution in [0.2, 0.25) is 0 Å². The summed E-state index contributed by atoms with van der Waals surface area (Å²) in [7, 11) is 0. The third kappa shape index (κ3) is 3.40. The van der Waals surface area contributed by atoms with Crippen LogP contribution in [-0.2, 0) is 11.3 Å². The fraction of sp³-hybridized carbons (Fsp3) is 0.562. The topological polar surface area (TPSA) is 44.4 Å². The van der Waals surface area contributed by atoms with E-state index in [9.17, 15) is 4.79 Å². The molecule has 3 rings (SSSR count).